The molecule has 19 heavy (non-hydrogen) atoms. The van der Waals surface area contributed by atoms with Crippen molar-refractivity contribution in [3.63, 3.8) is 0 Å². The Morgan fingerprint density at radius 3 is 2.58 bits per heavy atom. The number of nitrogens with zero attached hydrogens (tertiary/aromatic N) is 1. The van der Waals surface area contributed by atoms with Crippen molar-refractivity contribution in [2.45, 2.75) is 36.9 Å². The second-order valence-electron chi connectivity index (χ2n) is 4.26. The maximum Gasteiger partial charge on any atom is 0.303 e. The van der Waals surface area contributed by atoms with E-state index in [2.05, 4.69) is 15.9 Å². The summed E-state index contributed by atoms with van der Waals surface area (Å²) in [6, 6.07) is 1.47. The number of sulfonamides is 1. The van der Waals surface area contributed by atoms with Crippen molar-refractivity contribution in [1.29, 1.82) is 0 Å². The van der Waals surface area contributed by atoms with Crippen molar-refractivity contribution in [1.82, 2.24) is 4.31 Å². The van der Waals surface area contributed by atoms with E-state index in [1.807, 2.05) is 0 Å². The standard InChI is InChI=1S/C11H16BrNO4S2/c1-8(2)13(6-3-4-10(14)15)19(16,17)11-9(12)5-7-18-11/h5,7-8H,3-4,6H2,1-2H3,(H,14,15). The summed E-state index contributed by atoms with van der Waals surface area (Å²) in [5, 5.41) is 10.3. The second kappa shape index (κ2) is 6.83. The first-order valence-corrected chi connectivity index (χ1v) is 8.84. The SMILES string of the molecule is CC(C)N(CCCC(=O)O)S(=O)(=O)c1sccc1Br. The molecule has 0 amide bonds. The van der Waals surface area contributed by atoms with E-state index in [1.165, 1.54) is 4.31 Å². The molecule has 0 aliphatic rings. The number of carboxylic acids is 1. The van der Waals surface area contributed by atoms with Crippen LogP contribution in [0, 0.1) is 0 Å². The van der Waals surface area contributed by atoms with Gasteiger partial charge in [-0.3, -0.25) is 4.79 Å². The fraction of sp³-hybridized carbons (Fsp3) is 0.545. The Kier molecular flexibility index (Phi) is 5.97. The average molecular weight is 370 g/mol. The Balaban J connectivity index is 2.93. The molecule has 5 nitrogen and oxygen atoms in total. The minimum Gasteiger partial charge on any atom is -0.481 e. The topological polar surface area (TPSA) is 74.7 Å². The first kappa shape index (κ1) is 16.6. The molecule has 0 aliphatic carbocycles. The van der Waals surface area contributed by atoms with Crippen LogP contribution in [0.3, 0.4) is 0 Å². The molecule has 8 heteroatoms. The lowest BCUT2D eigenvalue weighted by Crippen LogP contribution is -2.37. The normalized spacial score (nSPS) is 12.3. The predicted octanol–water partition coefficient (Wildman–Crippen LogP) is 2.77. The number of rotatable bonds is 7. The van der Waals surface area contributed by atoms with Crippen LogP contribution in [0.15, 0.2) is 20.1 Å². The summed E-state index contributed by atoms with van der Waals surface area (Å²) < 4.78 is 27.1. The Hall–Kier alpha value is -0.440. The molecule has 0 saturated heterocycles. The summed E-state index contributed by atoms with van der Waals surface area (Å²) in [6.07, 6.45) is 0.264. The van der Waals surface area contributed by atoms with Gasteiger partial charge in [-0.25, -0.2) is 8.42 Å². The quantitative estimate of drug-likeness (QED) is 0.801. The minimum absolute atomic E-state index is 0.0374. The van der Waals surface area contributed by atoms with E-state index in [1.54, 1.807) is 25.3 Å². The van der Waals surface area contributed by atoms with Gasteiger partial charge in [-0.05, 0) is 47.6 Å². The van der Waals surface area contributed by atoms with Crippen LogP contribution >= 0.6 is 27.3 Å². The van der Waals surface area contributed by atoms with E-state index in [0.29, 0.717) is 10.9 Å². The van der Waals surface area contributed by atoms with E-state index in [4.69, 9.17) is 5.11 Å². The third-order valence-electron chi connectivity index (χ3n) is 2.47. The van der Waals surface area contributed by atoms with Gasteiger partial charge in [0.2, 0.25) is 0 Å². The van der Waals surface area contributed by atoms with E-state index < -0.39 is 16.0 Å². The summed E-state index contributed by atoms with van der Waals surface area (Å²) in [4.78, 5) is 10.5. The molecule has 0 atom stereocenters. The van der Waals surface area contributed by atoms with Crippen LogP contribution in [-0.4, -0.2) is 36.4 Å². The molecule has 0 fully saturated rings. The van der Waals surface area contributed by atoms with Crippen LogP contribution in [0.1, 0.15) is 26.7 Å². The lowest BCUT2D eigenvalue weighted by Gasteiger charge is -2.25. The van der Waals surface area contributed by atoms with Crippen LogP contribution in [0.5, 0.6) is 0 Å². The Bertz CT molecular complexity index is 539. The van der Waals surface area contributed by atoms with Crippen LogP contribution in [0.2, 0.25) is 0 Å². The molecule has 0 unspecified atom stereocenters. The number of hydrogen-bond donors (Lipinski definition) is 1. The van der Waals surface area contributed by atoms with Crippen LogP contribution in [0.25, 0.3) is 0 Å². The van der Waals surface area contributed by atoms with Crippen molar-refractivity contribution in [2.24, 2.45) is 0 Å². The third-order valence-corrected chi connectivity index (χ3v) is 7.20. The van der Waals surface area contributed by atoms with Gasteiger partial charge in [0.1, 0.15) is 4.21 Å². The van der Waals surface area contributed by atoms with Gasteiger partial charge >= 0.3 is 5.97 Å². The van der Waals surface area contributed by atoms with Gasteiger partial charge in [0.25, 0.3) is 10.0 Å². The number of carbonyl (C=O) groups is 1. The van der Waals surface area contributed by atoms with Gasteiger partial charge in [0.15, 0.2) is 0 Å². The molecule has 108 valence electrons. The van der Waals surface area contributed by atoms with E-state index in [9.17, 15) is 13.2 Å². The molecule has 1 N–H and O–H groups in total. The zero-order chi connectivity index (χ0) is 14.6. The summed E-state index contributed by atoms with van der Waals surface area (Å²) in [6.45, 7) is 3.76. The summed E-state index contributed by atoms with van der Waals surface area (Å²) in [5.41, 5.74) is 0. The van der Waals surface area contributed by atoms with Gasteiger partial charge < -0.3 is 5.11 Å². The van der Waals surface area contributed by atoms with Crippen LogP contribution < -0.4 is 0 Å². The number of hydrogen-bond acceptors (Lipinski definition) is 4. The first-order chi connectivity index (χ1) is 8.76. The van der Waals surface area contributed by atoms with Gasteiger partial charge in [-0.15, -0.1) is 11.3 Å². The lowest BCUT2D eigenvalue weighted by molar-refractivity contribution is -0.137. The monoisotopic (exact) mass is 369 g/mol. The maximum atomic E-state index is 12.5. The molecule has 1 rings (SSSR count). The van der Waals surface area contributed by atoms with E-state index in [0.717, 1.165) is 11.3 Å². The molecule has 1 aromatic heterocycles. The zero-order valence-electron chi connectivity index (χ0n) is 10.7. The van der Waals surface area contributed by atoms with Crippen molar-refractivity contribution in [3.8, 4) is 0 Å². The molecule has 0 bridgehead atoms. The number of halogens is 1. The first-order valence-electron chi connectivity index (χ1n) is 5.73. The fourth-order valence-corrected chi connectivity index (χ4v) is 5.71. The predicted molar refractivity (Wildman–Crippen MR) is 77.9 cm³/mol. The molecular weight excluding hydrogens is 354 g/mol. The Morgan fingerprint density at radius 2 is 2.16 bits per heavy atom. The third kappa shape index (κ3) is 4.27. The summed E-state index contributed by atoms with van der Waals surface area (Å²) in [7, 11) is -3.57. The Labute approximate surface area is 125 Å². The molecule has 0 saturated carbocycles. The number of carboxylic acid groups (broad SMARTS) is 1. The van der Waals surface area contributed by atoms with E-state index >= 15 is 0 Å². The summed E-state index contributed by atoms with van der Waals surface area (Å²) in [5.74, 6) is -0.918. The largest absolute Gasteiger partial charge is 0.481 e. The highest BCUT2D eigenvalue weighted by Crippen LogP contribution is 2.31. The Morgan fingerprint density at radius 1 is 1.53 bits per heavy atom. The number of aliphatic carboxylic acids is 1. The molecule has 0 aromatic carbocycles. The molecule has 1 aromatic rings. The van der Waals surface area contributed by atoms with Crippen molar-refractivity contribution in [3.05, 3.63) is 15.9 Å². The molecular formula is C11H16BrNO4S2. The molecule has 0 spiro atoms. The van der Waals surface area contributed by atoms with Gasteiger partial charge in [-0.1, -0.05) is 0 Å². The lowest BCUT2D eigenvalue weighted by atomic mass is 10.3. The highest BCUT2D eigenvalue weighted by Gasteiger charge is 2.29. The maximum absolute atomic E-state index is 12.5. The number of thiophene rings is 1. The average Bonchev–Trinajstić information content (AvgIpc) is 2.70. The summed E-state index contributed by atoms with van der Waals surface area (Å²) >= 11 is 4.37. The van der Waals surface area contributed by atoms with Gasteiger partial charge in [0, 0.05) is 23.5 Å². The van der Waals surface area contributed by atoms with Gasteiger partial charge in [0.05, 0.1) is 0 Å². The zero-order valence-corrected chi connectivity index (χ0v) is 13.9. The van der Waals surface area contributed by atoms with E-state index in [-0.39, 0.29) is 23.2 Å². The van der Waals surface area contributed by atoms with Crippen LogP contribution in [-0.2, 0) is 14.8 Å². The molecule has 1 heterocycles. The smallest absolute Gasteiger partial charge is 0.303 e. The highest BCUT2D eigenvalue weighted by atomic mass is 79.9. The van der Waals surface area contributed by atoms with Crippen LogP contribution in [0.4, 0.5) is 0 Å². The minimum atomic E-state index is -3.57. The fourth-order valence-electron chi connectivity index (χ4n) is 1.61. The highest BCUT2D eigenvalue weighted by molar-refractivity contribution is 9.10. The van der Waals surface area contributed by atoms with Crippen molar-refractivity contribution in [2.75, 3.05) is 6.54 Å². The second-order valence-corrected chi connectivity index (χ2v) is 8.12. The van der Waals surface area contributed by atoms with Crippen molar-refractivity contribution >= 4 is 43.3 Å². The molecule has 0 aliphatic heterocycles. The van der Waals surface area contributed by atoms with Gasteiger partial charge in [-0.2, -0.15) is 4.31 Å². The van der Waals surface area contributed by atoms with Crippen molar-refractivity contribution < 1.29 is 18.3 Å². The molecule has 0 radical (unpaired) electrons.